The van der Waals surface area contributed by atoms with E-state index in [-0.39, 0.29) is 14.0 Å². The Bertz CT molecular complexity index is 73.6. The lowest BCUT2D eigenvalue weighted by atomic mass is 10.2. The second-order valence-corrected chi connectivity index (χ2v) is 3.15. The summed E-state index contributed by atoms with van der Waals surface area (Å²) in [5.74, 6) is 0. The van der Waals surface area contributed by atoms with Crippen molar-refractivity contribution in [1.29, 1.82) is 0 Å². The number of hydrogen-bond donors (Lipinski definition) is 1. The van der Waals surface area contributed by atoms with Crippen LogP contribution in [0.5, 0.6) is 0 Å². The van der Waals surface area contributed by atoms with Gasteiger partial charge < -0.3 is 5.11 Å². The van der Waals surface area contributed by atoms with Gasteiger partial charge in [0.05, 0.1) is 6.61 Å². The third-order valence-corrected chi connectivity index (χ3v) is 1.68. The Morgan fingerprint density at radius 3 is 1.55 bits per heavy atom. The molecule has 0 aromatic carbocycles. The topological polar surface area (TPSA) is 23.5 Å². The van der Waals surface area contributed by atoms with Crippen LogP contribution < -0.4 is 0 Å². The van der Waals surface area contributed by atoms with Crippen LogP contribution in [0.15, 0.2) is 0 Å². The zero-order chi connectivity index (χ0) is 8.15. The first kappa shape index (κ1) is 13.5. The molecule has 0 amide bonds. The van der Waals surface area contributed by atoms with Gasteiger partial charge in [-0.15, -0.1) is 0 Å². The first-order valence-electron chi connectivity index (χ1n) is 3.96. The molecule has 0 heterocycles. The van der Waals surface area contributed by atoms with Crippen LogP contribution >= 0.6 is 0 Å². The molecule has 0 aromatic rings. The highest BCUT2D eigenvalue weighted by atomic mass is 16.3. The van der Waals surface area contributed by atoms with E-state index in [0.717, 1.165) is 6.54 Å². The lowest BCUT2D eigenvalue weighted by Crippen LogP contribution is -2.38. The number of hydrogen-bond acceptors (Lipinski definition) is 2. The molecule has 0 saturated heterocycles. The van der Waals surface area contributed by atoms with E-state index in [0.29, 0.717) is 12.1 Å². The summed E-state index contributed by atoms with van der Waals surface area (Å²) in [5.41, 5.74) is 0. The first-order chi connectivity index (χ1) is 4.59. The molecule has 2 heteroatoms. The van der Waals surface area contributed by atoms with Gasteiger partial charge in [0.15, 0.2) is 0 Å². The fraction of sp³-hybridized carbons (Fsp3) is 1.00. The van der Waals surface area contributed by atoms with Crippen LogP contribution in [0, 0.1) is 0 Å². The van der Waals surface area contributed by atoms with Gasteiger partial charge in [-0.1, -0.05) is 7.43 Å². The third kappa shape index (κ3) is 5.22. The smallest absolute Gasteiger partial charge is 0.0558 e. The van der Waals surface area contributed by atoms with Crippen LogP contribution in [0.3, 0.4) is 0 Å². The zero-order valence-corrected chi connectivity index (χ0v) is 7.46. The van der Waals surface area contributed by atoms with Crippen molar-refractivity contribution >= 4 is 0 Å². The van der Waals surface area contributed by atoms with Crippen molar-refractivity contribution in [2.45, 2.75) is 47.2 Å². The Kier molecular flexibility index (Phi) is 8.13. The monoisotopic (exact) mass is 161 g/mol. The highest BCUT2D eigenvalue weighted by Crippen LogP contribution is 2.02. The zero-order valence-electron chi connectivity index (χ0n) is 7.46. The van der Waals surface area contributed by atoms with E-state index in [4.69, 9.17) is 5.11 Å². The van der Waals surface area contributed by atoms with Gasteiger partial charge in [-0.3, -0.25) is 4.90 Å². The minimum atomic E-state index is 0. The van der Waals surface area contributed by atoms with Crippen LogP contribution in [0.2, 0.25) is 0 Å². The van der Waals surface area contributed by atoms with Crippen LogP contribution in [0.25, 0.3) is 0 Å². The summed E-state index contributed by atoms with van der Waals surface area (Å²) >= 11 is 0. The molecule has 0 saturated carbocycles. The molecule has 0 radical (unpaired) electrons. The summed E-state index contributed by atoms with van der Waals surface area (Å²) in [4.78, 5) is 2.26. The van der Waals surface area contributed by atoms with Crippen molar-refractivity contribution in [2.24, 2.45) is 0 Å². The molecule has 0 atom stereocenters. The second kappa shape index (κ2) is 6.62. The molecule has 0 rings (SSSR count). The van der Waals surface area contributed by atoms with Gasteiger partial charge in [0.2, 0.25) is 0 Å². The molecular formula is C9H23NO. The Morgan fingerprint density at radius 2 is 1.45 bits per heavy atom. The predicted molar refractivity (Wildman–Crippen MR) is 50.8 cm³/mol. The Morgan fingerprint density at radius 1 is 1.09 bits per heavy atom. The molecule has 0 bridgehead atoms. The highest BCUT2D eigenvalue weighted by molar-refractivity contribution is 4.65. The molecule has 0 aromatic heterocycles. The maximum absolute atomic E-state index is 8.69. The maximum Gasteiger partial charge on any atom is 0.0558 e. The summed E-state index contributed by atoms with van der Waals surface area (Å²) in [6, 6.07) is 1.07. The summed E-state index contributed by atoms with van der Waals surface area (Å²) in [6.45, 7) is 9.64. The van der Waals surface area contributed by atoms with Crippen molar-refractivity contribution in [1.82, 2.24) is 4.90 Å². The SMILES string of the molecule is C.CC(C)N(CCO)C(C)C. The minimum absolute atomic E-state index is 0. The van der Waals surface area contributed by atoms with E-state index >= 15 is 0 Å². The van der Waals surface area contributed by atoms with E-state index < -0.39 is 0 Å². The molecule has 2 nitrogen and oxygen atoms in total. The highest BCUT2D eigenvalue weighted by Gasteiger charge is 2.11. The fourth-order valence-electron chi connectivity index (χ4n) is 1.23. The van der Waals surface area contributed by atoms with Gasteiger partial charge >= 0.3 is 0 Å². The van der Waals surface area contributed by atoms with Crippen molar-refractivity contribution < 1.29 is 5.11 Å². The predicted octanol–water partition coefficient (Wildman–Crippen LogP) is 1.73. The van der Waals surface area contributed by atoms with Crippen molar-refractivity contribution in [3.63, 3.8) is 0 Å². The Labute approximate surface area is 71.2 Å². The average molecular weight is 161 g/mol. The van der Waals surface area contributed by atoms with Crippen molar-refractivity contribution in [3.8, 4) is 0 Å². The van der Waals surface area contributed by atoms with Gasteiger partial charge in [0, 0.05) is 18.6 Å². The van der Waals surface area contributed by atoms with Gasteiger partial charge in [-0.25, -0.2) is 0 Å². The van der Waals surface area contributed by atoms with E-state index in [2.05, 4.69) is 32.6 Å². The Balaban J connectivity index is 0. The lowest BCUT2D eigenvalue weighted by Gasteiger charge is -2.29. The summed E-state index contributed by atoms with van der Waals surface area (Å²) < 4.78 is 0. The second-order valence-electron chi connectivity index (χ2n) is 3.15. The number of nitrogens with zero attached hydrogens (tertiary/aromatic N) is 1. The van der Waals surface area contributed by atoms with Crippen LogP contribution in [0.1, 0.15) is 35.1 Å². The molecule has 1 N–H and O–H groups in total. The number of aliphatic hydroxyl groups excluding tert-OH is 1. The van der Waals surface area contributed by atoms with Gasteiger partial charge in [0.25, 0.3) is 0 Å². The van der Waals surface area contributed by atoms with E-state index in [1.54, 1.807) is 0 Å². The molecule has 0 aliphatic carbocycles. The number of rotatable bonds is 4. The van der Waals surface area contributed by atoms with E-state index in [9.17, 15) is 0 Å². The summed E-state index contributed by atoms with van der Waals surface area (Å²) in [5, 5.41) is 8.69. The standard InChI is InChI=1S/C8H19NO.CH4/c1-7(2)9(5-6-10)8(3)4;/h7-8,10H,5-6H2,1-4H3;1H4. The average Bonchev–Trinajstić information content (AvgIpc) is 1.81. The summed E-state index contributed by atoms with van der Waals surface area (Å²) in [6.07, 6.45) is 0. The molecule has 0 fully saturated rings. The molecule has 0 unspecified atom stereocenters. The van der Waals surface area contributed by atoms with Crippen molar-refractivity contribution in [2.75, 3.05) is 13.2 Å². The van der Waals surface area contributed by atoms with Crippen LogP contribution in [-0.2, 0) is 0 Å². The Hall–Kier alpha value is -0.0800. The van der Waals surface area contributed by atoms with Gasteiger partial charge in [0.1, 0.15) is 0 Å². The lowest BCUT2D eigenvalue weighted by molar-refractivity contribution is 0.134. The maximum atomic E-state index is 8.69. The molecular weight excluding hydrogens is 138 g/mol. The normalized spacial score (nSPS) is 10.9. The number of aliphatic hydroxyl groups is 1. The van der Waals surface area contributed by atoms with E-state index in [1.807, 2.05) is 0 Å². The molecule has 0 aliphatic rings. The minimum Gasteiger partial charge on any atom is -0.395 e. The summed E-state index contributed by atoms with van der Waals surface area (Å²) in [7, 11) is 0. The fourth-order valence-corrected chi connectivity index (χ4v) is 1.23. The third-order valence-electron chi connectivity index (χ3n) is 1.68. The van der Waals surface area contributed by atoms with E-state index in [1.165, 1.54) is 0 Å². The quantitative estimate of drug-likeness (QED) is 0.679. The molecule has 70 valence electrons. The van der Waals surface area contributed by atoms with Crippen LogP contribution in [0.4, 0.5) is 0 Å². The molecule has 11 heavy (non-hydrogen) atoms. The van der Waals surface area contributed by atoms with Crippen LogP contribution in [-0.4, -0.2) is 35.2 Å². The molecule has 0 aliphatic heterocycles. The molecule has 0 spiro atoms. The first-order valence-corrected chi connectivity index (χ1v) is 3.96. The van der Waals surface area contributed by atoms with Gasteiger partial charge in [-0.05, 0) is 27.7 Å². The van der Waals surface area contributed by atoms with Gasteiger partial charge in [-0.2, -0.15) is 0 Å². The van der Waals surface area contributed by atoms with Crippen molar-refractivity contribution in [3.05, 3.63) is 0 Å². The largest absolute Gasteiger partial charge is 0.395 e.